The van der Waals surface area contributed by atoms with Gasteiger partial charge in [0.15, 0.2) is 0 Å². The van der Waals surface area contributed by atoms with Gasteiger partial charge in [0, 0.05) is 5.39 Å². The third kappa shape index (κ3) is 3.12. The van der Waals surface area contributed by atoms with Crippen LogP contribution in [0.4, 0.5) is 0 Å². The molecule has 0 amide bonds. The summed E-state index contributed by atoms with van der Waals surface area (Å²) in [5.41, 5.74) is 2.36. The number of hydrogen-bond acceptors (Lipinski definition) is 1. The fourth-order valence-electron chi connectivity index (χ4n) is 1.60. The Kier molecular flexibility index (Phi) is 4.41. The minimum atomic E-state index is 0.701. The van der Waals surface area contributed by atoms with E-state index in [1.165, 1.54) is 10.9 Å². The molecule has 2 rings (SSSR count). The van der Waals surface area contributed by atoms with Crippen molar-refractivity contribution in [2.24, 2.45) is 5.92 Å². The van der Waals surface area contributed by atoms with E-state index in [0.29, 0.717) is 5.92 Å². The van der Waals surface area contributed by atoms with E-state index in [0.717, 1.165) is 12.0 Å². The van der Waals surface area contributed by atoms with E-state index in [2.05, 4.69) is 32.0 Å². The Hall–Kier alpha value is -1.24. The van der Waals surface area contributed by atoms with E-state index >= 15 is 0 Å². The first-order valence-corrected chi connectivity index (χ1v) is 5.72. The molecule has 0 radical (unpaired) electrons. The molecule has 82 valence electrons. The lowest BCUT2D eigenvalue weighted by Crippen LogP contribution is -1.92. The van der Waals surface area contributed by atoms with E-state index in [-0.39, 0.29) is 0 Å². The van der Waals surface area contributed by atoms with E-state index < -0.39 is 0 Å². The van der Waals surface area contributed by atoms with Crippen molar-refractivity contribution < 1.29 is 4.42 Å². The Labute approximate surface area is 92.1 Å². The molecular weight excluding hydrogens is 184 g/mol. The van der Waals surface area contributed by atoms with Gasteiger partial charge in [-0.3, -0.25) is 0 Å². The van der Waals surface area contributed by atoms with Crippen molar-refractivity contribution in [2.45, 2.75) is 34.1 Å². The Bertz CT molecular complexity index is 398. The van der Waals surface area contributed by atoms with Gasteiger partial charge < -0.3 is 4.42 Å². The molecule has 15 heavy (non-hydrogen) atoms. The topological polar surface area (TPSA) is 13.1 Å². The van der Waals surface area contributed by atoms with Gasteiger partial charge in [-0.05, 0) is 30.0 Å². The summed E-state index contributed by atoms with van der Waals surface area (Å²) >= 11 is 0. The second kappa shape index (κ2) is 5.59. The van der Waals surface area contributed by atoms with Gasteiger partial charge >= 0.3 is 0 Å². The highest BCUT2D eigenvalue weighted by Gasteiger charge is 2.00. The maximum absolute atomic E-state index is 5.34. The normalized spacial score (nSPS) is 10.2. The lowest BCUT2D eigenvalue weighted by Gasteiger charge is -2.03. The van der Waals surface area contributed by atoms with Crippen molar-refractivity contribution in [2.75, 3.05) is 0 Å². The Morgan fingerprint density at radius 2 is 1.87 bits per heavy atom. The average molecular weight is 204 g/mol. The molecule has 0 aliphatic heterocycles. The van der Waals surface area contributed by atoms with Gasteiger partial charge in [0.1, 0.15) is 5.58 Å². The van der Waals surface area contributed by atoms with Crippen molar-refractivity contribution in [3.8, 4) is 0 Å². The minimum absolute atomic E-state index is 0.701. The van der Waals surface area contributed by atoms with Gasteiger partial charge in [-0.2, -0.15) is 0 Å². The summed E-state index contributed by atoms with van der Waals surface area (Å²) < 4.78 is 5.34. The smallest absolute Gasteiger partial charge is 0.134 e. The fraction of sp³-hybridized carbons (Fsp3) is 0.429. The summed E-state index contributed by atoms with van der Waals surface area (Å²) in [6.45, 7) is 8.46. The average Bonchev–Trinajstić information content (AvgIpc) is 2.67. The predicted octanol–water partition coefficient (Wildman–Crippen LogP) is 4.66. The van der Waals surface area contributed by atoms with E-state index in [4.69, 9.17) is 4.42 Å². The Balaban J connectivity index is 0.000000531. The van der Waals surface area contributed by atoms with Crippen molar-refractivity contribution in [3.63, 3.8) is 0 Å². The van der Waals surface area contributed by atoms with Crippen molar-refractivity contribution in [1.82, 2.24) is 0 Å². The zero-order valence-electron chi connectivity index (χ0n) is 10.1. The molecule has 0 fully saturated rings. The molecule has 0 unspecified atom stereocenters. The first kappa shape index (κ1) is 11.8. The molecule has 1 aromatic carbocycles. The van der Waals surface area contributed by atoms with Crippen LogP contribution in [0, 0.1) is 5.92 Å². The van der Waals surface area contributed by atoms with Crippen LogP contribution in [0.1, 0.15) is 33.3 Å². The first-order chi connectivity index (χ1) is 7.25. The third-order valence-electron chi connectivity index (χ3n) is 2.16. The Morgan fingerprint density at radius 3 is 2.53 bits per heavy atom. The molecule has 2 aromatic rings. The van der Waals surface area contributed by atoms with Gasteiger partial charge in [-0.15, -0.1) is 0 Å². The summed E-state index contributed by atoms with van der Waals surface area (Å²) in [6.07, 6.45) is 2.86. The molecule has 0 aliphatic rings. The van der Waals surface area contributed by atoms with Crippen molar-refractivity contribution in [1.29, 1.82) is 0 Å². The number of rotatable bonds is 2. The largest absolute Gasteiger partial charge is 0.464 e. The molecular formula is C14H20O. The molecule has 0 saturated heterocycles. The molecule has 1 aromatic heterocycles. The molecule has 0 N–H and O–H groups in total. The van der Waals surface area contributed by atoms with Crippen LogP contribution >= 0.6 is 0 Å². The van der Waals surface area contributed by atoms with Gasteiger partial charge in [0.05, 0.1) is 6.26 Å². The van der Waals surface area contributed by atoms with Crippen LogP contribution in [0.5, 0.6) is 0 Å². The van der Waals surface area contributed by atoms with E-state index in [1.54, 1.807) is 6.26 Å². The van der Waals surface area contributed by atoms with E-state index in [1.807, 2.05) is 19.9 Å². The van der Waals surface area contributed by atoms with Gasteiger partial charge in [0.2, 0.25) is 0 Å². The number of hydrogen-bond donors (Lipinski definition) is 0. The van der Waals surface area contributed by atoms with Crippen LogP contribution in [0.3, 0.4) is 0 Å². The second-order valence-electron chi connectivity index (χ2n) is 3.89. The van der Waals surface area contributed by atoms with Crippen LogP contribution in [-0.4, -0.2) is 0 Å². The monoisotopic (exact) mass is 204 g/mol. The molecule has 0 spiro atoms. The van der Waals surface area contributed by atoms with Crippen LogP contribution in [0.2, 0.25) is 0 Å². The lowest BCUT2D eigenvalue weighted by atomic mass is 10.0. The first-order valence-electron chi connectivity index (χ1n) is 5.72. The van der Waals surface area contributed by atoms with Crippen LogP contribution < -0.4 is 0 Å². The lowest BCUT2D eigenvalue weighted by molar-refractivity contribution is 0.612. The van der Waals surface area contributed by atoms with Crippen molar-refractivity contribution in [3.05, 3.63) is 36.1 Å². The number of fused-ring (bicyclic) bond motifs is 1. The third-order valence-corrected chi connectivity index (χ3v) is 2.16. The summed E-state index contributed by atoms with van der Waals surface area (Å²) in [6, 6.07) is 8.43. The number of benzene rings is 1. The molecule has 0 atom stereocenters. The zero-order valence-corrected chi connectivity index (χ0v) is 10.1. The quantitative estimate of drug-likeness (QED) is 0.693. The summed E-state index contributed by atoms with van der Waals surface area (Å²) in [5.74, 6) is 0.701. The molecule has 1 nitrogen and oxygen atoms in total. The number of furan rings is 1. The van der Waals surface area contributed by atoms with Crippen LogP contribution in [-0.2, 0) is 6.42 Å². The second-order valence-corrected chi connectivity index (χ2v) is 3.89. The summed E-state index contributed by atoms with van der Waals surface area (Å²) in [5, 5.41) is 1.19. The van der Waals surface area contributed by atoms with Gasteiger partial charge in [-0.25, -0.2) is 0 Å². The van der Waals surface area contributed by atoms with Crippen LogP contribution in [0.25, 0.3) is 11.0 Å². The predicted molar refractivity (Wildman–Crippen MR) is 66.1 cm³/mol. The molecule has 1 heterocycles. The molecule has 0 saturated carbocycles. The zero-order chi connectivity index (χ0) is 11.3. The van der Waals surface area contributed by atoms with E-state index in [9.17, 15) is 0 Å². The highest BCUT2D eigenvalue weighted by Crippen LogP contribution is 2.18. The highest BCUT2D eigenvalue weighted by molar-refractivity contribution is 5.77. The van der Waals surface area contributed by atoms with Gasteiger partial charge in [0.25, 0.3) is 0 Å². The maximum Gasteiger partial charge on any atom is 0.134 e. The SMILES string of the molecule is CC.CC(C)Cc1ccc2ccoc2c1. The summed E-state index contributed by atoms with van der Waals surface area (Å²) in [7, 11) is 0. The molecule has 0 bridgehead atoms. The highest BCUT2D eigenvalue weighted by atomic mass is 16.3. The van der Waals surface area contributed by atoms with Gasteiger partial charge in [-0.1, -0.05) is 39.8 Å². The minimum Gasteiger partial charge on any atom is -0.464 e. The van der Waals surface area contributed by atoms with Crippen LogP contribution in [0.15, 0.2) is 34.9 Å². The Morgan fingerprint density at radius 1 is 1.13 bits per heavy atom. The molecule has 0 aliphatic carbocycles. The summed E-state index contributed by atoms with van der Waals surface area (Å²) in [4.78, 5) is 0. The standard InChI is InChI=1S/C12H14O.C2H6/c1-9(2)7-10-3-4-11-5-6-13-12(11)8-10;1-2/h3-6,8-9H,7H2,1-2H3;1-2H3. The fourth-order valence-corrected chi connectivity index (χ4v) is 1.60. The maximum atomic E-state index is 5.34. The molecule has 1 heteroatoms. The van der Waals surface area contributed by atoms with Crippen molar-refractivity contribution >= 4 is 11.0 Å².